The Morgan fingerprint density at radius 1 is 1.00 bits per heavy atom. The molecule has 3 rings (SSSR count). The lowest BCUT2D eigenvalue weighted by atomic mass is 10.2. The summed E-state index contributed by atoms with van der Waals surface area (Å²) in [5.41, 5.74) is 1.10. The first-order chi connectivity index (χ1) is 14.5. The number of imide groups is 1. The van der Waals surface area contributed by atoms with E-state index in [9.17, 15) is 19.2 Å². The fraction of sp³-hybridized carbons (Fsp3) is 0.143. The highest BCUT2D eigenvalue weighted by molar-refractivity contribution is 8.18. The Morgan fingerprint density at radius 2 is 1.70 bits per heavy atom. The highest BCUT2D eigenvalue weighted by Crippen LogP contribution is 2.31. The van der Waals surface area contributed by atoms with E-state index in [0.717, 1.165) is 22.2 Å². The zero-order chi connectivity index (χ0) is 21.5. The van der Waals surface area contributed by atoms with Crippen LogP contribution in [0.4, 0.5) is 4.79 Å². The molecule has 1 saturated heterocycles. The zero-order valence-corrected chi connectivity index (χ0v) is 17.3. The van der Waals surface area contributed by atoms with E-state index in [0.29, 0.717) is 9.93 Å². The van der Waals surface area contributed by atoms with Gasteiger partial charge in [-0.3, -0.25) is 24.1 Å². The summed E-state index contributed by atoms with van der Waals surface area (Å²) in [5, 5.41) is 4.95. The van der Waals surface area contributed by atoms with Crippen LogP contribution >= 0.6 is 23.4 Å². The molecule has 0 unspecified atom stereocenters. The van der Waals surface area contributed by atoms with Crippen LogP contribution in [0.2, 0.25) is 5.02 Å². The van der Waals surface area contributed by atoms with Crippen molar-refractivity contribution in [3.63, 3.8) is 0 Å². The Hall–Kier alpha value is -3.10. The third kappa shape index (κ3) is 5.49. The molecule has 1 fully saturated rings. The van der Waals surface area contributed by atoms with Crippen molar-refractivity contribution in [2.75, 3.05) is 19.6 Å². The van der Waals surface area contributed by atoms with E-state index in [-0.39, 0.29) is 30.4 Å². The van der Waals surface area contributed by atoms with Crippen molar-refractivity contribution >= 4 is 52.4 Å². The molecule has 2 aromatic carbocycles. The SMILES string of the molecule is O=C(CNC(=O)c1ccccc1Cl)NCCN1C(=O)SC(=Cc2ccccc2)C1=O. The maximum Gasteiger partial charge on any atom is 0.293 e. The summed E-state index contributed by atoms with van der Waals surface area (Å²) in [6, 6.07) is 15.7. The maximum atomic E-state index is 12.4. The van der Waals surface area contributed by atoms with Crippen molar-refractivity contribution in [3.05, 3.63) is 75.7 Å². The number of benzene rings is 2. The van der Waals surface area contributed by atoms with Crippen molar-refractivity contribution in [3.8, 4) is 0 Å². The topological polar surface area (TPSA) is 95.6 Å². The molecular formula is C21H18ClN3O4S. The van der Waals surface area contributed by atoms with Crippen LogP contribution in [0, 0.1) is 0 Å². The van der Waals surface area contributed by atoms with E-state index >= 15 is 0 Å². The molecule has 154 valence electrons. The van der Waals surface area contributed by atoms with Gasteiger partial charge in [-0.2, -0.15) is 0 Å². The predicted molar refractivity (Wildman–Crippen MR) is 116 cm³/mol. The lowest BCUT2D eigenvalue weighted by molar-refractivity contribution is -0.124. The predicted octanol–water partition coefficient (Wildman–Crippen LogP) is 2.92. The molecule has 2 aromatic rings. The third-order valence-corrected chi connectivity index (χ3v) is 5.39. The number of thioether (sulfide) groups is 1. The van der Waals surface area contributed by atoms with Crippen LogP contribution in [0.15, 0.2) is 59.5 Å². The van der Waals surface area contributed by atoms with Crippen LogP contribution in [-0.4, -0.2) is 47.5 Å². The second-order valence-electron chi connectivity index (χ2n) is 6.26. The van der Waals surface area contributed by atoms with Gasteiger partial charge in [0.2, 0.25) is 5.91 Å². The molecule has 30 heavy (non-hydrogen) atoms. The normalized spacial score (nSPS) is 14.8. The minimum absolute atomic E-state index is 0.0427. The van der Waals surface area contributed by atoms with Crippen LogP contribution in [0.5, 0.6) is 0 Å². The summed E-state index contributed by atoms with van der Waals surface area (Å²) in [6.07, 6.45) is 1.66. The van der Waals surface area contributed by atoms with Crippen LogP contribution in [0.25, 0.3) is 6.08 Å². The lowest BCUT2D eigenvalue weighted by Crippen LogP contribution is -2.41. The van der Waals surface area contributed by atoms with E-state index in [1.807, 2.05) is 30.3 Å². The lowest BCUT2D eigenvalue weighted by Gasteiger charge is -2.13. The quantitative estimate of drug-likeness (QED) is 0.641. The van der Waals surface area contributed by atoms with Gasteiger partial charge in [-0.25, -0.2) is 0 Å². The van der Waals surface area contributed by atoms with Crippen LogP contribution in [-0.2, 0) is 9.59 Å². The van der Waals surface area contributed by atoms with Crippen molar-refractivity contribution in [1.29, 1.82) is 0 Å². The van der Waals surface area contributed by atoms with Gasteiger partial charge in [-0.1, -0.05) is 54.1 Å². The van der Waals surface area contributed by atoms with Crippen LogP contribution in [0.3, 0.4) is 0 Å². The van der Waals surface area contributed by atoms with Crippen LogP contribution in [0.1, 0.15) is 15.9 Å². The minimum atomic E-state index is -0.465. The summed E-state index contributed by atoms with van der Waals surface area (Å²) in [7, 11) is 0. The van der Waals surface area contributed by atoms with E-state index in [1.54, 1.807) is 30.3 Å². The summed E-state index contributed by atoms with van der Waals surface area (Å²) in [5.74, 6) is -1.30. The molecule has 2 N–H and O–H groups in total. The van der Waals surface area contributed by atoms with Gasteiger partial charge in [0.15, 0.2) is 0 Å². The molecule has 0 saturated carbocycles. The van der Waals surface area contributed by atoms with Gasteiger partial charge in [0.1, 0.15) is 0 Å². The summed E-state index contributed by atoms with van der Waals surface area (Å²) in [6.45, 7) is -0.127. The van der Waals surface area contributed by atoms with Gasteiger partial charge < -0.3 is 10.6 Å². The Bertz CT molecular complexity index is 1010. The fourth-order valence-electron chi connectivity index (χ4n) is 2.66. The average Bonchev–Trinajstić information content (AvgIpc) is 3.00. The molecule has 7 nitrogen and oxygen atoms in total. The summed E-state index contributed by atoms with van der Waals surface area (Å²) < 4.78 is 0. The van der Waals surface area contributed by atoms with Crippen molar-refractivity contribution in [2.45, 2.75) is 0 Å². The number of halogens is 1. The Morgan fingerprint density at radius 3 is 2.43 bits per heavy atom. The fourth-order valence-corrected chi connectivity index (χ4v) is 3.75. The van der Waals surface area contributed by atoms with Crippen molar-refractivity contribution < 1.29 is 19.2 Å². The molecule has 0 bridgehead atoms. The van der Waals surface area contributed by atoms with Gasteiger partial charge in [-0.15, -0.1) is 0 Å². The molecule has 1 aliphatic heterocycles. The molecule has 0 atom stereocenters. The van der Waals surface area contributed by atoms with E-state index in [4.69, 9.17) is 11.6 Å². The molecular weight excluding hydrogens is 426 g/mol. The first-order valence-corrected chi connectivity index (χ1v) is 10.2. The summed E-state index contributed by atoms with van der Waals surface area (Å²) in [4.78, 5) is 50.0. The number of carbonyl (C=O) groups excluding carboxylic acids is 4. The first kappa shape index (κ1) is 21.6. The van der Waals surface area contributed by atoms with Gasteiger partial charge in [0.25, 0.3) is 17.1 Å². The smallest absolute Gasteiger partial charge is 0.293 e. The summed E-state index contributed by atoms with van der Waals surface area (Å²) >= 11 is 6.81. The van der Waals surface area contributed by atoms with E-state index in [1.165, 1.54) is 0 Å². The highest BCUT2D eigenvalue weighted by atomic mass is 35.5. The van der Waals surface area contributed by atoms with E-state index < -0.39 is 17.7 Å². The first-order valence-electron chi connectivity index (χ1n) is 9.05. The van der Waals surface area contributed by atoms with Crippen molar-refractivity contribution in [1.82, 2.24) is 15.5 Å². The van der Waals surface area contributed by atoms with Gasteiger partial charge in [0.05, 0.1) is 22.0 Å². The standard InChI is InChI=1S/C21H18ClN3O4S/c22-16-9-5-4-8-15(16)19(27)24-13-18(26)23-10-11-25-20(28)17(30-21(25)29)12-14-6-2-1-3-7-14/h1-9,12H,10-11,13H2,(H,23,26)(H,24,27). The maximum absolute atomic E-state index is 12.4. The number of carbonyl (C=O) groups is 4. The number of nitrogens with zero attached hydrogens (tertiary/aromatic N) is 1. The van der Waals surface area contributed by atoms with Gasteiger partial charge in [0, 0.05) is 13.1 Å². The molecule has 0 aromatic heterocycles. The third-order valence-electron chi connectivity index (χ3n) is 4.16. The molecule has 0 spiro atoms. The molecule has 1 aliphatic rings. The number of amides is 4. The minimum Gasteiger partial charge on any atom is -0.353 e. The second-order valence-corrected chi connectivity index (χ2v) is 7.66. The van der Waals surface area contributed by atoms with Crippen molar-refractivity contribution in [2.24, 2.45) is 0 Å². The number of nitrogens with one attached hydrogen (secondary N) is 2. The average molecular weight is 444 g/mol. The second kappa shape index (κ2) is 10.1. The molecule has 4 amide bonds. The molecule has 0 aliphatic carbocycles. The van der Waals surface area contributed by atoms with Crippen LogP contribution < -0.4 is 10.6 Å². The zero-order valence-electron chi connectivity index (χ0n) is 15.8. The monoisotopic (exact) mass is 443 g/mol. The Balaban J connectivity index is 1.45. The molecule has 0 radical (unpaired) electrons. The largest absolute Gasteiger partial charge is 0.353 e. The highest BCUT2D eigenvalue weighted by Gasteiger charge is 2.34. The molecule has 9 heteroatoms. The molecule has 1 heterocycles. The number of rotatable bonds is 7. The Labute approximate surface area is 182 Å². The number of hydrogen-bond donors (Lipinski definition) is 2. The van der Waals surface area contributed by atoms with E-state index in [2.05, 4.69) is 10.6 Å². The van der Waals surface area contributed by atoms with Gasteiger partial charge >= 0.3 is 0 Å². The number of hydrogen-bond acceptors (Lipinski definition) is 5. The Kier molecular flexibility index (Phi) is 7.26. The van der Waals surface area contributed by atoms with Gasteiger partial charge in [-0.05, 0) is 35.5 Å².